The Morgan fingerprint density at radius 3 is 2.85 bits per heavy atom. The first-order valence-electron chi connectivity index (χ1n) is 8.30. The normalized spacial score (nSPS) is 11.2. The van der Waals surface area contributed by atoms with E-state index in [0.717, 1.165) is 33.0 Å². The Labute approximate surface area is 166 Å². The van der Waals surface area contributed by atoms with E-state index in [1.165, 1.54) is 11.5 Å². The standard InChI is InChI=1S/C18H22BrN5OS/c1-6-24(5)10-21-15-7-14(19)18(22-12(15)4)25-9-16-13(8-20)17(11(2)3)23-26-16/h7,10-11H,6,9H2,1-5H3/b21-10+. The van der Waals surface area contributed by atoms with Gasteiger partial charge in [0, 0.05) is 13.6 Å². The van der Waals surface area contributed by atoms with Crippen LogP contribution < -0.4 is 4.74 Å². The van der Waals surface area contributed by atoms with E-state index >= 15 is 0 Å². The lowest BCUT2D eigenvalue weighted by Gasteiger charge is -2.11. The van der Waals surface area contributed by atoms with Gasteiger partial charge >= 0.3 is 0 Å². The van der Waals surface area contributed by atoms with Crippen LogP contribution in [-0.2, 0) is 6.61 Å². The summed E-state index contributed by atoms with van der Waals surface area (Å²) in [6.45, 7) is 9.15. The Hall–Kier alpha value is -1.98. The Kier molecular flexibility index (Phi) is 7.12. The smallest absolute Gasteiger partial charge is 0.228 e. The summed E-state index contributed by atoms with van der Waals surface area (Å²) in [6, 6.07) is 4.13. The monoisotopic (exact) mass is 435 g/mol. The second kappa shape index (κ2) is 9.10. The maximum atomic E-state index is 9.41. The number of hydrogen-bond donors (Lipinski definition) is 0. The van der Waals surface area contributed by atoms with Crippen molar-refractivity contribution in [3.05, 3.63) is 32.4 Å². The molecule has 0 amide bonds. The van der Waals surface area contributed by atoms with Gasteiger partial charge in [-0.2, -0.15) is 9.64 Å². The summed E-state index contributed by atoms with van der Waals surface area (Å²) in [4.78, 5) is 11.7. The van der Waals surface area contributed by atoms with E-state index in [4.69, 9.17) is 4.74 Å². The van der Waals surface area contributed by atoms with Gasteiger partial charge in [-0.05, 0) is 53.3 Å². The van der Waals surface area contributed by atoms with Gasteiger partial charge in [-0.3, -0.25) is 0 Å². The Bertz CT molecular complexity index is 841. The zero-order chi connectivity index (χ0) is 19.3. The number of rotatable bonds is 7. The fraction of sp³-hybridized carbons (Fsp3) is 0.444. The molecule has 2 rings (SSSR count). The highest BCUT2D eigenvalue weighted by atomic mass is 79.9. The summed E-state index contributed by atoms with van der Waals surface area (Å²) in [7, 11) is 1.96. The highest BCUT2D eigenvalue weighted by Crippen LogP contribution is 2.31. The molecule has 0 aliphatic carbocycles. The van der Waals surface area contributed by atoms with Gasteiger partial charge < -0.3 is 9.64 Å². The molecule has 0 unspecified atom stereocenters. The molecule has 138 valence electrons. The van der Waals surface area contributed by atoms with E-state index in [1.54, 1.807) is 6.34 Å². The van der Waals surface area contributed by atoms with Crippen molar-refractivity contribution < 1.29 is 4.74 Å². The van der Waals surface area contributed by atoms with E-state index in [9.17, 15) is 5.26 Å². The van der Waals surface area contributed by atoms with Crippen molar-refractivity contribution in [3.63, 3.8) is 0 Å². The van der Waals surface area contributed by atoms with Crippen LogP contribution in [0.2, 0.25) is 0 Å². The first kappa shape index (κ1) is 20.3. The van der Waals surface area contributed by atoms with Gasteiger partial charge in [-0.1, -0.05) is 13.8 Å². The molecular weight excluding hydrogens is 414 g/mol. The van der Waals surface area contributed by atoms with Crippen LogP contribution in [0.5, 0.6) is 5.88 Å². The van der Waals surface area contributed by atoms with Crippen LogP contribution in [0.15, 0.2) is 15.5 Å². The van der Waals surface area contributed by atoms with Crippen molar-refractivity contribution in [2.24, 2.45) is 4.99 Å². The highest BCUT2D eigenvalue weighted by Gasteiger charge is 2.17. The van der Waals surface area contributed by atoms with Crippen LogP contribution in [-0.4, -0.2) is 34.2 Å². The molecule has 0 aliphatic rings. The third-order valence-corrected chi connectivity index (χ3v) is 5.19. The Morgan fingerprint density at radius 1 is 1.50 bits per heavy atom. The molecule has 0 aliphatic heterocycles. The molecule has 0 saturated carbocycles. The number of aromatic nitrogens is 2. The number of halogens is 1. The first-order valence-corrected chi connectivity index (χ1v) is 9.86. The fourth-order valence-corrected chi connectivity index (χ4v) is 3.39. The largest absolute Gasteiger partial charge is 0.471 e. The van der Waals surface area contributed by atoms with Crippen LogP contribution >= 0.6 is 27.5 Å². The summed E-state index contributed by atoms with van der Waals surface area (Å²) >= 11 is 4.80. The average molecular weight is 436 g/mol. The molecule has 0 radical (unpaired) electrons. The lowest BCUT2D eigenvalue weighted by molar-refractivity contribution is 0.294. The van der Waals surface area contributed by atoms with Crippen molar-refractivity contribution in [2.45, 2.75) is 40.2 Å². The quantitative estimate of drug-likeness (QED) is 0.461. The van der Waals surface area contributed by atoms with Gasteiger partial charge in [-0.15, -0.1) is 0 Å². The summed E-state index contributed by atoms with van der Waals surface area (Å²) in [5, 5.41) is 9.41. The summed E-state index contributed by atoms with van der Waals surface area (Å²) in [6.07, 6.45) is 1.78. The molecule has 0 atom stereocenters. The molecule has 2 aromatic rings. The van der Waals surface area contributed by atoms with Gasteiger partial charge in [0.1, 0.15) is 12.7 Å². The fourth-order valence-electron chi connectivity index (χ4n) is 2.11. The number of aryl methyl sites for hydroxylation is 1. The number of aliphatic imine (C=N–C) groups is 1. The molecule has 0 bridgehead atoms. The van der Waals surface area contributed by atoms with Crippen molar-refractivity contribution in [3.8, 4) is 11.9 Å². The summed E-state index contributed by atoms with van der Waals surface area (Å²) < 4.78 is 10.9. The Morgan fingerprint density at radius 2 is 2.23 bits per heavy atom. The predicted octanol–water partition coefficient (Wildman–Crippen LogP) is 4.79. The maximum Gasteiger partial charge on any atom is 0.228 e. The van der Waals surface area contributed by atoms with Crippen LogP contribution in [0.25, 0.3) is 0 Å². The molecule has 0 aromatic carbocycles. The SMILES string of the molecule is CCN(C)/C=N/c1cc(Br)c(OCc2snc(C(C)C)c2C#N)nc1C. The first-order chi connectivity index (χ1) is 12.4. The highest BCUT2D eigenvalue weighted by molar-refractivity contribution is 9.10. The number of nitriles is 1. The van der Waals surface area contributed by atoms with Gasteiger partial charge in [0.15, 0.2) is 0 Å². The topological polar surface area (TPSA) is 74.4 Å². The van der Waals surface area contributed by atoms with Crippen LogP contribution in [0.4, 0.5) is 5.69 Å². The summed E-state index contributed by atoms with van der Waals surface area (Å²) in [5.41, 5.74) is 2.99. The Balaban J connectivity index is 2.18. The van der Waals surface area contributed by atoms with Crippen molar-refractivity contribution in [1.82, 2.24) is 14.3 Å². The van der Waals surface area contributed by atoms with Gasteiger partial charge in [0.2, 0.25) is 5.88 Å². The van der Waals surface area contributed by atoms with Crippen LogP contribution in [0.3, 0.4) is 0 Å². The van der Waals surface area contributed by atoms with Crippen molar-refractivity contribution in [1.29, 1.82) is 5.26 Å². The maximum absolute atomic E-state index is 9.41. The minimum atomic E-state index is 0.208. The van der Waals surface area contributed by atoms with Crippen molar-refractivity contribution in [2.75, 3.05) is 13.6 Å². The lowest BCUT2D eigenvalue weighted by Crippen LogP contribution is -2.14. The molecule has 0 N–H and O–H groups in total. The minimum Gasteiger partial charge on any atom is -0.471 e. The molecule has 2 heterocycles. The number of hydrogen-bond acceptors (Lipinski definition) is 6. The molecule has 6 nitrogen and oxygen atoms in total. The average Bonchev–Trinajstić information content (AvgIpc) is 3.03. The minimum absolute atomic E-state index is 0.208. The van der Waals surface area contributed by atoms with Crippen LogP contribution in [0, 0.1) is 18.3 Å². The number of nitrogens with zero attached hydrogens (tertiary/aromatic N) is 5. The van der Waals surface area contributed by atoms with E-state index in [1.807, 2.05) is 38.8 Å². The van der Waals surface area contributed by atoms with E-state index in [2.05, 4.69) is 43.3 Å². The molecule has 8 heteroatoms. The number of ether oxygens (including phenoxy) is 1. The molecule has 0 spiro atoms. The van der Waals surface area contributed by atoms with Crippen molar-refractivity contribution >= 4 is 39.5 Å². The second-order valence-electron chi connectivity index (χ2n) is 6.12. The van der Waals surface area contributed by atoms with E-state index in [-0.39, 0.29) is 12.5 Å². The zero-order valence-electron chi connectivity index (χ0n) is 15.6. The molecule has 0 saturated heterocycles. The molecule has 2 aromatic heterocycles. The second-order valence-corrected chi connectivity index (χ2v) is 7.83. The third-order valence-electron chi connectivity index (χ3n) is 3.79. The van der Waals surface area contributed by atoms with Crippen LogP contribution in [0.1, 0.15) is 48.5 Å². The zero-order valence-corrected chi connectivity index (χ0v) is 18.0. The molecule has 0 fully saturated rings. The molecule has 26 heavy (non-hydrogen) atoms. The lowest BCUT2D eigenvalue weighted by atomic mass is 10.1. The summed E-state index contributed by atoms with van der Waals surface area (Å²) in [5.74, 6) is 0.689. The number of pyridine rings is 1. The van der Waals surface area contributed by atoms with Gasteiger partial charge in [0.05, 0.1) is 38.3 Å². The van der Waals surface area contributed by atoms with Gasteiger partial charge in [-0.25, -0.2) is 9.98 Å². The van der Waals surface area contributed by atoms with E-state index < -0.39 is 0 Å². The predicted molar refractivity (Wildman–Crippen MR) is 108 cm³/mol. The van der Waals surface area contributed by atoms with E-state index in [0.29, 0.717) is 11.4 Å². The van der Waals surface area contributed by atoms with Gasteiger partial charge in [0.25, 0.3) is 0 Å². The molecular formula is C18H22BrN5OS. The third kappa shape index (κ3) is 4.80.